The Morgan fingerprint density at radius 3 is 2.56 bits per heavy atom. The van der Waals surface area contributed by atoms with Crippen molar-refractivity contribution in [2.75, 3.05) is 24.5 Å². The highest BCUT2D eigenvalue weighted by atomic mass is 35.5. The number of piperidine rings is 1. The average Bonchev–Trinajstić information content (AvgIpc) is 3.43. The van der Waals surface area contributed by atoms with Crippen LogP contribution < -0.4 is 10.2 Å². The number of aromatic amines is 1. The summed E-state index contributed by atoms with van der Waals surface area (Å²) in [5, 5.41) is 30.5. The highest BCUT2D eigenvalue weighted by molar-refractivity contribution is 7.22. The Labute approximate surface area is 201 Å². The number of nitrogens with one attached hydrogen (secondary N) is 2. The Kier molecular flexibility index (Phi) is 6.26. The van der Waals surface area contributed by atoms with Crippen LogP contribution in [0, 0.1) is 0 Å². The first-order valence-corrected chi connectivity index (χ1v) is 11.0. The molecule has 168 valence electrons. The van der Waals surface area contributed by atoms with Gasteiger partial charge in [0, 0.05) is 29.4 Å². The number of anilines is 1. The summed E-state index contributed by atoms with van der Waals surface area (Å²) >= 11 is 1.66. The van der Waals surface area contributed by atoms with Crippen molar-refractivity contribution in [1.82, 2.24) is 30.7 Å². The first-order chi connectivity index (χ1) is 14.7. The maximum absolute atomic E-state index is 10.6. The summed E-state index contributed by atoms with van der Waals surface area (Å²) in [5.41, 5.74) is 4.05. The second kappa shape index (κ2) is 8.82. The first kappa shape index (κ1) is 22.7. The lowest BCUT2D eigenvalue weighted by atomic mass is 9.77. The van der Waals surface area contributed by atoms with Crippen LogP contribution in [-0.4, -0.2) is 55.7 Å². The molecule has 1 spiro atoms. The lowest BCUT2D eigenvalue weighted by molar-refractivity contribution is 0.206. The predicted molar refractivity (Wildman–Crippen MR) is 131 cm³/mol. The normalized spacial score (nSPS) is 16.9. The van der Waals surface area contributed by atoms with E-state index in [0.717, 1.165) is 53.4 Å². The van der Waals surface area contributed by atoms with E-state index in [-0.39, 0.29) is 36.1 Å². The molecule has 1 aromatic carbocycles. The van der Waals surface area contributed by atoms with E-state index >= 15 is 0 Å². The molecule has 6 rings (SSSR count). The van der Waals surface area contributed by atoms with Crippen LogP contribution in [0.15, 0.2) is 36.7 Å². The van der Waals surface area contributed by atoms with E-state index in [2.05, 4.69) is 30.6 Å². The molecule has 2 saturated heterocycles. The third kappa shape index (κ3) is 3.69. The van der Waals surface area contributed by atoms with Crippen LogP contribution in [0.2, 0.25) is 0 Å². The van der Waals surface area contributed by atoms with Crippen molar-refractivity contribution in [2.24, 2.45) is 0 Å². The number of hydrogen-bond acceptors (Lipinski definition) is 8. The number of aromatic nitrogens is 5. The van der Waals surface area contributed by atoms with Gasteiger partial charge < -0.3 is 15.3 Å². The van der Waals surface area contributed by atoms with Crippen LogP contribution in [0.1, 0.15) is 19.3 Å². The molecule has 0 saturated carbocycles. The zero-order valence-electron chi connectivity index (χ0n) is 17.1. The number of halogens is 2. The van der Waals surface area contributed by atoms with Crippen LogP contribution in [0.4, 0.5) is 5.13 Å². The summed E-state index contributed by atoms with van der Waals surface area (Å²) in [6, 6.07) is 7.52. The third-order valence-corrected chi connectivity index (χ3v) is 7.40. The molecule has 11 heteroatoms. The average molecular weight is 492 g/mol. The number of phenolic OH excluding ortho intramolecular Hbond substituents is 1. The molecule has 8 nitrogen and oxygen atoms in total. The summed E-state index contributed by atoms with van der Waals surface area (Å²) in [7, 11) is 0. The largest absolute Gasteiger partial charge is 0.507 e. The molecule has 0 unspecified atom stereocenters. The van der Waals surface area contributed by atoms with E-state index in [1.54, 1.807) is 29.8 Å². The van der Waals surface area contributed by atoms with E-state index in [9.17, 15) is 5.11 Å². The molecule has 2 fully saturated rings. The van der Waals surface area contributed by atoms with Gasteiger partial charge in [0.15, 0.2) is 10.8 Å². The van der Waals surface area contributed by atoms with Crippen molar-refractivity contribution in [1.29, 1.82) is 0 Å². The molecule has 5 heterocycles. The second-order valence-corrected chi connectivity index (χ2v) is 9.02. The van der Waals surface area contributed by atoms with E-state index in [4.69, 9.17) is 4.98 Å². The second-order valence-electron chi connectivity index (χ2n) is 8.01. The van der Waals surface area contributed by atoms with Crippen LogP contribution in [0.5, 0.6) is 5.75 Å². The number of hydrogen-bond donors (Lipinski definition) is 3. The standard InChI is InChI=1S/C21H21N7OS.2ClH/c29-17-9-13(14-11-23-24-12-14)1-2-15(17)16-10-18-19(27-26-16)25-20(30-18)28-8-5-21(28)3-6-22-7-4-21;;/h1-2,9-12,22,29H,3-8H2,(H,23,24);2*1H. The van der Waals surface area contributed by atoms with E-state index in [1.807, 2.05) is 18.2 Å². The maximum atomic E-state index is 10.6. The SMILES string of the molecule is Cl.Cl.Oc1cc(-c2cn[nH]c2)ccc1-c1cc2sc(N3CCC34CCNCC4)nc2nn1. The van der Waals surface area contributed by atoms with Gasteiger partial charge in [0.1, 0.15) is 5.75 Å². The minimum atomic E-state index is 0. The molecule has 0 atom stereocenters. The van der Waals surface area contributed by atoms with Gasteiger partial charge in [-0.15, -0.1) is 35.0 Å². The van der Waals surface area contributed by atoms with E-state index in [1.165, 1.54) is 6.42 Å². The Morgan fingerprint density at radius 1 is 1.03 bits per heavy atom. The summed E-state index contributed by atoms with van der Waals surface area (Å²) in [4.78, 5) is 7.22. The summed E-state index contributed by atoms with van der Waals surface area (Å²) in [5.74, 6) is 0.170. The summed E-state index contributed by atoms with van der Waals surface area (Å²) in [6.07, 6.45) is 7.08. The molecular formula is C21H23Cl2N7OS. The first-order valence-electron chi connectivity index (χ1n) is 10.2. The minimum absolute atomic E-state index is 0. The van der Waals surface area contributed by atoms with Gasteiger partial charge in [-0.05, 0) is 56.1 Å². The molecule has 0 bridgehead atoms. The Bertz CT molecular complexity index is 1220. The number of H-pyrrole nitrogens is 1. The Morgan fingerprint density at radius 2 is 1.88 bits per heavy atom. The third-order valence-electron chi connectivity index (χ3n) is 6.39. The fraction of sp³-hybridized carbons (Fsp3) is 0.333. The van der Waals surface area contributed by atoms with Crippen LogP contribution >= 0.6 is 36.2 Å². The molecule has 2 aliphatic heterocycles. The van der Waals surface area contributed by atoms with Gasteiger partial charge in [-0.3, -0.25) is 5.10 Å². The molecule has 4 aromatic rings. The zero-order chi connectivity index (χ0) is 20.1. The number of rotatable bonds is 3. The number of phenols is 1. The fourth-order valence-corrected chi connectivity index (χ4v) is 5.64. The smallest absolute Gasteiger partial charge is 0.194 e. The molecule has 3 N–H and O–H groups in total. The molecule has 0 aliphatic carbocycles. The Hall–Kier alpha value is -2.46. The molecule has 32 heavy (non-hydrogen) atoms. The number of thiazole rings is 1. The summed E-state index contributed by atoms with van der Waals surface area (Å²) < 4.78 is 0.990. The molecule has 2 aliphatic rings. The zero-order valence-corrected chi connectivity index (χ0v) is 19.6. The van der Waals surface area contributed by atoms with Gasteiger partial charge in [-0.2, -0.15) is 10.1 Å². The Balaban J connectivity index is 0.00000122. The molecule has 0 amide bonds. The van der Waals surface area contributed by atoms with Gasteiger partial charge in [-0.1, -0.05) is 17.4 Å². The highest BCUT2D eigenvalue weighted by Crippen LogP contribution is 2.44. The monoisotopic (exact) mass is 491 g/mol. The van der Waals surface area contributed by atoms with E-state index in [0.29, 0.717) is 16.9 Å². The van der Waals surface area contributed by atoms with Crippen molar-refractivity contribution >= 4 is 51.6 Å². The number of nitrogens with zero attached hydrogens (tertiary/aromatic N) is 5. The fourth-order valence-electron chi connectivity index (χ4n) is 4.57. The number of benzene rings is 1. The molecular weight excluding hydrogens is 469 g/mol. The number of fused-ring (bicyclic) bond motifs is 1. The minimum Gasteiger partial charge on any atom is -0.507 e. The van der Waals surface area contributed by atoms with Gasteiger partial charge in [0.25, 0.3) is 0 Å². The number of aromatic hydroxyl groups is 1. The van der Waals surface area contributed by atoms with Gasteiger partial charge in [-0.25, -0.2) is 0 Å². The molecule has 3 aromatic heterocycles. The summed E-state index contributed by atoms with van der Waals surface area (Å²) in [6.45, 7) is 3.19. The van der Waals surface area contributed by atoms with Crippen molar-refractivity contribution < 1.29 is 5.11 Å². The van der Waals surface area contributed by atoms with Crippen molar-refractivity contribution in [3.05, 3.63) is 36.7 Å². The lowest BCUT2D eigenvalue weighted by Gasteiger charge is -2.55. The molecule has 0 radical (unpaired) electrons. The van der Waals surface area contributed by atoms with Gasteiger partial charge in [0.2, 0.25) is 0 Å². The van der Waals surface area contributed by atoms with Gasteiger partial charge >= 0.3 is 0 Å². The lowest BCUT2D eigenvalue weighted by Crippen LogP contribution is -2.64. The van der Waals surface area contributed by atoms with Gasteiger partial charge in [0.05, 0.1) is 16.6 Å². The quantitative estimate of drug-likeness (QED) is 0.397. The maximum Gasteiger partial charge on any atom is 0.194 e. The van der Waals surface area contributed by atoms with E-state index < -0.39 is 0 Å². The van der Waals surface area contributed by atoms with Crippen LogP contribution in [0.25, 0.3) is 32.7 Å². The van der Waals surface area contributed by atoms with Crippen molar-refractivity contribution in [3.63, 3.8) is 0 Å². The topological polar surface area (TPSA) is 103 Å². The van der Waals surface area contributed by atoms with Crippen molar-refractivity contribution in [3.8, 4) is 28.1 Å². The van der Waals surface area contributed by atoms with Crippen LogP contribution in [0.3, 0.4) is 0 Å². The predicted octanol–water partition coefficient (Wildman–Crippen LogP) is 4.02. The van der Waals surface area contributed by atoms with Crippen molar-refractivity contribution in [2.45, 2.75) is 24.8 Å². The highest BCUT2D eigenvalue weighted by Gasteiger charge is 2.46. The van der Waals surface area contributed by atoms with Crippen LogP contribution in [-0.2, 0) is 0 Å².